The number of nitrogens with zero attached hydrogens (tertiary/aromatic N) is 2. The second-order valence-electron chi connectivity index (χ2n) is 22.2. The molecular formula is C78H72N2O4. The highest BCUT2D eigenvalue weighted by Crippen LogP contribution is 2.58. The molecule has 0 bridgehead atoms. The average Bonchev–Trinajstić information content (AvgIpc) is 1.59. The number of ether oxygens (including phenoxy) is 4. The zero-order chi connectivity index (χ0) is 56.9. The Balaban J connectivity index is 1.07. The molecule has 6 heteroatoms. The van der Waals surface area contributed by atoms with Crippen LogP contribution >= 0.6 is 0 Å². The monoisotopic (exact) mass is 1100 g/mol. The second-order valence-corrected chi connectivity index (χ2v) is 22.2. The van der Waals surface area contributed by atoms with E-state index < -0.39 is 0 Å². The van der Waals surface area contributed by atoms with Crippen molar-refractivity contribution >= 4 is 98.8 Å². The highest BCUT2D eigenvalue weighted by molar-refractivity contribution is 6.47. The van der Waals surface area contributed by atoms with Crippen LogP contribution < -0.4 is 28.7 Å². The molecule has 0 aliphatic heterocycles. The molecule has 0 saturated heterocycles. The third-order valence-electron chi connectivity index (χ3n) is 16.7. The molecule has 0 radical (unpaired) electrons. The van der Waals surface area contributed by atoms with E-state index in [1.54, 1.807) is 0 Å². The fourth-order valence-electron chi connectivity index (χ4n) is 12.6. The van der Waals surface area contributed by atoms with Gasteiger partial charge < -0.3 is 28.7 Å². The summed E-state index contributed by atoms with van der Waals surface area (Å²) in [5, 5.41) is 14.8. The Labute approximate surface area is 494 Å². The maximum atomic E-state index is 6.21. The van der Waals surface area contributed by atoms with E-state index in [0.29, 0.717) is 26.4 Å². The van der Waals surface area contributed by atoms with Crippen molar-refractivity contribution in [2.75, 3.05) is 36.2 Å². The van der Waals surface area contributed by atoms with E-state index in [9.17, 15) is 0 Å². The van der Waals surface area contributed by atoms with Crippen LogP contribution in [0.15, 0.2) is 218 Å². The van der Waals surface area contributed by atoms with E-state index in [4.69, 9.17) is 18.9 Å². The van der Waals surface area contributed by atoms with E-state index in [1.165, 1.54) is 86.9 Å². The van der Waals surface area contributed by atoms with Crippen LogP contribution in [0.4, 0.5) is 34.1 Å². The molecule has 84 heavy (non-hydrogen) atoms. The lowest BCUT2D eigenvalue weighted by Crippen LogP contribution is -2.10. The number of fused-ring (bicyclic) bond motifs is 6. The van der Waals surface area contributed by atoms with Crippen LogP contribution in [0.25, 0.3) is 86.9 Å². The molecule has 0 aliphatic rings. The molecule has 0 spiro atoms. The van der Waals surface area contributed by atoms with Crippen LogP contribution in [0.3, 0.4) is 0 Å². The van der Waals surface area contributed by atoms with Gasteiger partial charge >= 0.3 is 0 Å². The van der Waals surface area contributed by atoms with Crippen molar-refractivity contribution in [3.63, 3.8) is 0 Å². The Hall–Kier alpha value is -9.26. The van der Waals surface area contributed by atoms with Crippen LogP contribution in [0.1, 0.15) is 79.1 Å². The van der Waals surface area contributed by atoms with Gasteiger partial charge in [-0.15, -0.1) is 0 Å². The van der Waals surface area contributed by atoms with E-state index >= 15 is 0 Å². The predicted octanol–water partition coefficient (Wildman–Crippen LogP) is 22.5. The topological polar surface area (TPSA) is 43.4 Å². The van der Waals surface area contributed by atoms with Crippen molar-refractivity contribution < 1.29 is 18.9 Å². The number of rotatable bonds is 24. The lowest BCUT2D eigenvalue weighted by molar-refractivity contribution is 0.309. The van der Waals surface area contributed by atoms with Crippen LogP contribution in [0, 0.1) is 0 Å². The molecule has 0 atom stereocenters. The van der Waals surface area contributed by atoms with Gasteiger partial charge in [0.15, 0.2) is 0 Å². The van der Waals surface area contributed by atoms with Crippen LogP contribution in [-0.2, 0) is 0 Å². The van der Waals surface area contributed by atoms with Crippen LogP contribution in [0.2, 0.25) is 0 Å². The van der Waals surface area contributed by atoms with Gasteiger partial charge in [-0.1, -0.05) is 163 Å². The lowest BCUT2D eigenvalue weighted by Gasteiger charge is -2.27. The third kappa shape index (κ3) is 10.1. The third-order valence-corrected chi connectivity index (χ3v) is 16.7. The second kappa shape index (κ2) is 24.3. The van der Waals surface area contributed by atoms with Crippen LogP contribution in [0.5, 0.6) is 23.0 Å². The number of unbranched alkanes of at least 4 members (excludes halogenated alkanes) is 4. The predicted molar refractivity (Wildman–Crippen MR) is 356 cm³/mol. The quantitative estimate of drug-likeness (QED) is 0.0562. The van der Waals surface area contributed by atoms with Gasteiger partial charge in [0, 0.05) is 33.5 Å². The minimum atomic E-state index is 0.698. The molecule has 13 aromatic rings. The summed E-state index contributed by atoms with van der Waals surface area (Å²) in [4.78, 5) is 4.80. The van der Waals surface area contributed by atoms with E-state index in [-0.39, 0.29) is 0 Å². The van der Waals surface area contributed by atoms with Crippen molar-refractivity contribution in [2.45, 2.75) is 79.1 Å². The summed E-state index contributed by atoms with van der Waals surface area (Å²) in [5.41, 5.74) is 11.3. The number of anilines is 6. The first-order valence-corrected chi connectivity index (χ1v) is 30.6. The zero-order valence-corrected chi connectivity index (χ0v) is 48.8. The molecule has 13 aromatic carbocycles. The van der Waals surface area contributed by atoms with Gasteiger partial charge in [0.05, 0.1) is 37.8 Å². The summed E-state index contributed by atoms with van der Waals surface area (Å²) in [5.74, 6) is 3.50. The average molecular weight is 1100 g/mol. The molecular weight excluding hydrogens is 1030 g/mol. The molecule has 0 heterocycles. The minimum Gasteiger partial charge on any atom is -0.494 e. The summed E-state index contributed by atoms with van der Waals surface area (Å²) < 4.78 is 24.8. The Morgan fingerprint density at radius 2 is 0.524 bits per heavy atom. The van der Waals surface area contributed by atoms with Gasteiger partial charge in [0.2, 0.25) is 0 Å². The van der Waals surface area contributed by atoms with E-state index in [0.717, 1.165) is 108 Å². The first-order valence-electron chi connectivity index (χ1n) is 30.6. The first-order chi connectivity index (χ1) is 41.6. The zero-order valence-electron chi connectivity index (χ0n) is 48.8. The van der Waals surface area contributed by atoms with E-state index in [1.807, 2.05) is 0 Å². The maximum absolute atomic E-state index is 6.21. The van der Waals surface area contributed by atoms with Gasteiger partial charge in [0.1, 0.15) is 23.0 Å². The summed E-state index contributed by atoms with van der Waals surface area (Å²) in [7, 11) is 0. The Morgan fingerprint density at radius 1 is 0.250 bits per heavy atom. The van der Waals surface area contributed by atoms with Crippen molar-refractivity contribution in [1.82, 2.24) is 0 Å². The van der Waals surface area contributed by atoms with Gasteiger partial charge in [-0.05, 0) is 211 Å². The molecule has 0 N–H and O–H groups in total. The first kappa shape index (κ1) is 54.0. The van der Waals surface area contributed by atoms with Gasteiger partial charge in [0.25, 0.3) is 0 Å². The molecule has 6 nitrogen and oxygen atoms in total. The fourth-order valence-corrected chi connectivity index (χ4v) is 12.6. The molecule has 0 fully saturated rings. The molecule has 418 valence electrons. The normalized spacial score (nSPS) is 11.7. The fraction of sp³-hybridized carbons (Fsp3) is 0.205. The molecule has 0 aliphatic carbocycles. The van der Waals surface area contributed by atoms with Crippen molar-refractivity contribution in [2.24, 2.45) is 0 Å². The Bertz CT molecular complexity index is 3890. The lowest BCUT2D eigenvalue weighted by atomic mass is 9.87. The number of benzene rings is 11. The van der Waals surface area contributed by atoms with Crippen molar-refractivity contribution in [3.05, 3.63) is 218 Å². The largest absolute Gasteiger partial charge is 0.494 e. The summed E-state index contributed by atoms with van der Waals surface area (Å²) in [6.45, 7) is 11.6. The highest BCUT2D eigenvalue weighted by atomic mass is 16.5. The van der Waals surface area contributed by atoms with E-state index in [2.05, 4.69) is 256 Å². The highest BCUT2D eigenvalue weighted by Gasteiger charge is 2.30. The van der Waals surface area contributed by atoms with Gasteiger partial charge in [-0.25, -0.2) is 0 Å². The summed E-state index contributed by atoms with van der Waals surface area (Å²) in [6, 6.07) is 80.1. The Morgan fingerprint density at radius 3 is 0.810 bits per heavy atom. The summed E-state index contributed by atoms with van der Waals surface area (Å²) >= 11 is 0. The minimum absolute atomic E-state index is 0.698. The molecule has 0 aromatic heterocycles. The van der Waals surface area contributed by atoms with Gasteiger partial charge in [-0.3, -0.25) is 0 Å². The molecule has 0 unspecified atom stereocenters. The molecule has 0 amide bonds. The summed E-state index contributed by atoms with van der Waals surface area (Å²) in [6.07, 6.45) is 8.41. The number of hydrogen-bond acceptors (Lipinski definition) is 6. The van der Waals surface area contributed by atoms with Crippen LogP contribution in [-0.4, -0.2) is 26.4 Å². The smallest absolute Gasteiger partial charge is 0.119 e. The maximum Gasteiger partial charge on any atom is 0.119 e. The standard InChI is InChI=1S/C78H72N2O4/c1-5-9-49-81-59-37-29-55(30-38-59)79(56-31-39-60(40-32-56)82-50-10-6-2)69-47-45-67-73-63(69)25-19-27-65(73)75-71(53-21-15-13-16-22-53)76-66-28-20-26-64-70(48-46-68(74(64)66)78(76)72(77(67)75)54-23-17-14-18-24-54)80(57-33-41-61(42-34-57)83-51-11-7-3)58-35-43-62(44-36-58)84-52-12-8-4/h13-48H,5-12,49-52H2,1-4H3. The van der Waals surface area contributed by atoms with Gasteiger partial charge in [-0.2, -0.15) is 0 Å². The van der Waals surface area contributed by atoms with Crippen molar-refractivity contribution in [1.29, 1.82) is 0 Å². The number of hydrogen-bond donors (Lipinski definition) is 0. The SMILES string of the molecule is CCCCOc1ccc(N(c2ccc(OCCCC)cc2)c2ccc3c4c(-c5ccccc5)c5c6ccc(N(c7ccc(OCCCC)cc7)c7ccc(OCCCC)cc7)c7cccc(c5c(-c5ccccc5)c4c4cccc2c43)c76)cc1. The molecule has 13 rings (SSSR count). The molecule has 0 saturated carbocycles. The Kier molecular flexibility index (Phi) is 15.6. The van der Waals surface area contributed by atoms with Crippen molar-refractivity contribution in [3.8, 4) is 45.3 Å².